The quantitative estimate of drug-likeness (QED) is 0.854. The number of aromatic nitrogens is 1. The highest BCUT2D eigenvalue weighted by Gasteiger charge is 2.28. The van der Waals surface area contributed by atoms with Crippen LogP contribution in [0, 0.1) is 0 Å². The van der Waals surface area contributed by atoms with Gasteiger partial charge < -0.3 is 19.9 Å². The van der Waals surface area contributed by atoms with Crippen LogP contribution in [0.3, 0.4) is 0 Å². The van der Waals surface area contributed by atoms with Crippen molar-refractivity contribution >= 4 is 27.6 Å². The number of nitrogens with one attached hydrogen (secondary N) is 1. The van der Waals surface area contributed by atoms with E-state index in [1.54, 1.807) is 24.2 Å². The molecular formula is C12H16BrN3O3. The van der Waals surface area contributed by atoms with Crippen LogP contribution in [0.4, 0.5) is 10.5 Å². The molecule has 1 atom stereocenters. The second kappa shape index (κ2) is 5.75. The van der Waals surface area contributed by atoms with Gasteiger partial charge in [-0.25, -0.2) is 4.79 Å². The van der Waals surface area contributed by atoms with Crippen molar-refractivity contribution in [2.24, 2.45) is 7.05 Å². The number of aryl methyl sites for hydroxylation is 1. The highest BCUT2D eigenvalue weighted by molar-refractivity contribution is 9.10. The normalized spacial score (nSPS) is 18.7. The number of rotatable bonds is 2. The van der Waals surface area contributed by atoms with Crippen LogP contribution in [0.2, 0.25) is 0 Å². The Labute approximate surface area is 119 Å². The van der Waals surface area contributed by atoms with E-state index < -0.39 is 0 Å². The van der Waals surface area contributed by atoms with Gasteiger partial charge in [0.25, 0.3) is 5.56 Å². The van der Waals surface area contributed by atoms with E-state index in [2.05, 4.69) is 21.2 Å². The predicted molar refractivity (Wildman–Crippen MR) is 75.2 cm³/mol. The van der Waals surface area contributed by atoms with Crippen molar-refractivity contribution in [1.29, 1.82) is 0 Å². The minimum absolute atomic E-state index is 0.0234. The summed E-state index contributed by atoms with van der Waals surface area (Å²) in [6.07, 6.45) is 3.28. The van der Waals surface area contributed by atoms with Crippen molar-refractivity contribution in [1.82, 2.24) is 9.47 Å². The average molecular weight is 330 g/mol. The maximum atomic E-state index is 12.1. The molecule has 0 bridgehead atoms. The van der Waals surface area contributed by atoms with Crippen molar-refractivity contribution in [3.8, 4) is 0 Å². The molecule has 104 valence electrons. The molecule has 1 aromatic heterocycles. The molecule has 1 aliphatic rings. The van der Waals surface area contributed by atoms with E-state index in [0.717, 1.165) is 12.8 Å². The summed E-state index contributed by atoms with van der Waals surface area (Å²) < 4.78 is 1.79. The van der Waals surface area contributed by atoms with Gasteiger partial charge in [-0.2, -0.15) is 0 Å². The van der Waals surface area contributed by atoms with Gasteiger partial charge in [-0.15, -0.1) is 0 Å². The van der Waals surface area contributed by atoms with Gasteiger partial charge >= 0.3 is 6.03 Å². The second-order valence-electron chi connectivity index (χ2n) is 4.59. The third kappa shape index (κ3) is 2.98. The van der Waals surface area contributed by atoms with Crippen molar-refractivity contribution in [2.75, 3.05) is 18.5 Å². The summed E-state index contributed by atoms with van der Waals surface area (Å²) in [5.74, 6) is 0. The molecule has 0 unspecified atom stereocenters. The van der Waals surface area contributed by atoms with Crippen molar-refractivity contribution in [2.45, 2.75) is 18.9 Å². The van der Waals surface area contributed by atoms with E-state index in [0.29, 0.717) is 16.7 Å². The number of hydrogen-bond acceptors (Lipinski definition) is 3. The average Bonchev–Trinajstić information content (AvgIpc) is 2.84. The fourth-order valence-corrected chi connectivity index (χ4v) is 2.75. The summed E-state index contributed by atoms with van der Waals surface area (Å²) in [6, 6.07) is 1.21. The first-order valence-corrected chi connectivity index (χ1v) is 6.87. The number of aliphatic hydroxyl groups excluding tert-OH is 1. The molecule has 1 fully saturated rings. The Bertz CT molecular complexity index is 517. The molecule has 2 N–H and O–H groups in total. The highest BCUT2D eigenvalue weighted by Crippen LogP contribution is 2.19. The Hall–Kier alpha value is -1.34. The first kappa shape index (κ1) is 14.1. The van der Waals surface area contributed by atoms with Crippen LogP contribution >= 0.6 is 15.9 Å². The molecule has 0 spiro atoms. The molecule has 0 radical (unpaired) electrons. The molecule has 0 aromatic carbocycles. The topological polar surface area (TPSA) is 74.6 Å². The summed E-state index contributed by atoms with van der Waals surface area (Å²) in [7, 11) is 1.62. The van der Waals surface area contributed by atoms with Crippen LogP contribution in [0.5, 0.6) is 0 Å². The molecule has 1 saturated heterocycles. The van der Waals surface area contributed by atoms with E-state index in [1.165, 1.54) is 4.57 Å². The molecule has 7 heteroatoms. The standard InChI is InChI=1S/C12H16BrN3O3/c1-15-6-8(5-10(13)11(15)18)14-12(19)16-4-2-3-9(16)7-17/h5-6,9,17H,2-4,7H2,1H3,(H,14,19)/t9-/m1/s1. The Balaban J connectivity index is 2.13. The first-order valence-electron chi connectivity index (χ1n) is 6.07. The van der Waals surface area contributed by atoms with Crippen LogP contribution in [0.25, 0.3) is 0 Å². The zero-order valence-corrected chi connectivity index (χ0v) is 12.2. The number of anilines is 1. The number of halogens is 1. The van der Waals surface area contributed by atoms with Gasteiger partial charge in [-0.1, -0.05) is 0 Å². The number of carbonyl (C=O) groups excluding carboxylic acids is 1. The number of amides is 2. The van der Waals surface area contributed by atoms with Crippen molar-refractivity contribution in [3.05, 3.63) is 27.1 Å². The smallest absolute Gasteiger partial charge is 0.322 e. The summed E-state index contributed by atoms with van der Waals surface area (Å²) in [5, 5.41) is 11.9. The molecule has 2 amide bonds. The molecule has 0 saturated carbocycles. The maximum Gasteiger partial charge on any atom is 0.322 e. The van der Waals surface area contributed by atoms with Crippen molar-refractivity contribution in [3.63, 3.8) is 0 Å². The molecule has 19 heavy (non-hydrogen) atoms. The molecule has 2 heterocycles. The number of aliphatic hydroxyl groups is 1. The lowest BCUT2D eigenvalue weighted by molar-refractivity contribution is 0.166. The Morgan fingerprint density at radius 2 is 2.37 bits per heavy atom. The van der Waals surface area contributed by atoms with Gasteiger partial charge in [-0.3, -0.25) is 4.79 Å². The summed E-state index contributed by atoms with van der Waals surface area (Å²) in [4.78, 5) is 25.2. The maximum absolute atomic E-state index is 12.1. The van der Waals surface area contributed by atoms with E-state index in [-0.39, 0.29) is 24.2 Å². The first-order chi connectivity index (χ1) is 9.02. The van der Waals surface area contributed by atoms with Crippen LogP contribution in [-0.2, 0) is 7.05 Å². The largest absolute Gasteiger partial charge is 0.394 e. The van der Waals surface area contributed by atoms with Gasteiger partial charge in [-0.05, 0) is 34.8 Å². The summed E-state index contributed by atoms with van der Waals surface area (Å²) in [6.45, 7) is 0.619. The zero-order valence-electron chi connectivity index (χ0n) is 10.6. The number of pyridine rings is 1. The number of likely N-dealkylation sites (tertiary alicyclic amines) is 1. The van der Waals surface area contributed by atoms with Crippen LogP contribution < -0.4 is 10.9 Å². The monoisotopic (exact) mass is 329 g/mol. The van der Waals surface area contributed by atoms with Gasteiger partial charge in [0.2, 0.25) is 0 Å². The summed E-state index contributed by atoms with van der Waals surface area (Å²) in [5.41, 5.74) is 0.384. The number of urea groups is 1. The lowest BCUT2D eigenvalue weighted by Crippen LogP contribution is -2.40. The Morgan fingerprint density at radius 3 is 3.00 bits per heavy atom. The van der Waals surface area contributed by atoms with E-state index in [9.17, 15) is 14.7 Å². The van der Waals surface area contributed by atoms with E-state index >= 15 is 0 Å². The van der Waals surface area contributed by atoms with Gasteiger partial charge in [0.1, 0.15) is 0 Å². The number of hydrogen-bond donors (Lipinski definition) is 2. The highest BCUT2D eigenvalue weighted by atomic mass is 79.9. The molecule has 6 nitrogen and oxygen atoms in total. The fourth-order valence-electron chi connectivity index (χ4n) is 2.23. The number of carbonyl (C=O) groups is 1. The van der Waals surface area contributed by atoms with Crippen LogP contribution in [0.1, 0.15) is 12.8 Å². The van der Waals surface area contributed by atoms with E-state index in [4.69, 9.17) is 0 Å². The van der Waals surface area contributed by atoms with Gasteiger partial charge in [0.05, 0.1) is 22.8 Å². The van der Waals surface area contributed by atoms with Crippen molar-refractivity contribution < 1.29 is 9.90 Å². The zero-order chi connectivity index (χ0) is 14.0. The molecule has 1 aliphatic heterocycles. The minimum atomic E-state index is -0.248. The SMILES string of the molecule is Cn1cc(NC(=O)N2CCC[C@@H]2CO)cc(Br)c1=O. The fraction of sp³-hybridized carbons (Fsp3) is 0.500. The number of nitrogens with zero attached hydrogens (tertiary/aromatic N) is 2. The predicted octanol–water partition coefficient (Wildman–Crippen LogP) is 1.14. The minimum Gasteiger partial charge on any atom is -0.394 e. The lowest BCUT2D eigenvalue weighted by atomic mass is 10.2. The second-order valence-corrected chi connectivity index (χ2v) is 5.45. The van der Waals surface area contributed by atoms with Crippen LogP contribution in [-0.4, -0.2) is 39.8 Å². The van der Waals surface area contributed by atoms with E-state index in [1.807, 2.05) is 0 Å². The molecular weight excluding hydrogens is 314 g/mol. The lowest BCUT2D eigenvalue weighted by Gasteiger charge is -2.23. The molecule has 2 rings (SSSR count). The molecule has 1 aromatic rings. The van der Waals surface area contributed by atoms with Gasteiger partial charge in [0.15, 0.2) is 0 Å². The van der Waals surface area contributed by atoms with Gasteiger partial charge in [0, 0.05) is 19.8 Å². The summed E-state index contributed by atoms with van der Waals surface area (Å²) >= 11 is 3.16. The third-order valence-corrected chi connectivity index (χ3v) is 3.81. The Morgan fingerprint density at radius 1 is 1.63 bits per heavy atom. The molecule has 0 aliphatic carbocycles. The Kier molecular flexibility index (Phi) is 4.26. The third-order valence-electron chi connectivity index (χ3n) is 3.24. The van der Waals surface area contributed by atoms with Crippen LogP contribution in [0.15, 0.2) is 21.5 Å².